The zero-order valence-electron chi connectivity index (χ0n) is 9.73. The van der Waals surface area contributed by atoms with E-state index in [4.69, 9.17) is 10.5 Å². The van der Waals surface area contributed by atoms with E-state index in [9.17, 15) is 0 Å². The number of nitrogens with two attached hydrogens (primary N) is 1. The summed E-state index contributed by atoms with van der Waals surface area (Å²) in [5.41, 5.74) is 5.51. The second kappa shape index (κ2) is 6.37. The number of anilines is 2. The summed E-state index contributed by atoms with van der Waals surface area (Å²) in [7, 11) is 1.49. The Hall–Kier alpha value is -1.24. The van der Waals surface area contributed by atoms with Crippen molar-refractivity contribution in [2.24, 2.45) is 0 Å². The summed E-state index contributed by atoms with van der Waals surface area (Å²) in [5.74, 6) is 0.616. The maximum Gasteiger partial charge on any atom is 0.322 e. The van der Waals surface area contributed by atoms with Gasteiger partial charge in [0, 0.05) is 11.8 Å². The fourth-order valence-corrected chi connectivity index (χ4v) is 1.40. The molecule has 0 aliphatic heterocycles. The Morgan fingerprint density at radius 3 is 2.81 bits per heavy atom. The standard InChI is InChI=1S/C9H17N5OS/c1-6(16-3)4-5-11-8-12-7(10)13-9(14-8)15-2/h6H,4-5H2,1-3H3,(H3,10,11,12,13,14). The molecule has 0 bridgehead atoms. The number of hydrogen-bond acceptors (Lipinski definition) is 7. The average molecular weight is 243 g/mol. The second-order valence-corrected chi connectivity index (χ2v) is 4.54. The molecule has 16 heavy (non-hydrogen) atoms. The molecule has 1 aromatic heterocycles. The van der Waals surface area contributed by atoms with Gasteiger partial charge in [0.1, 0.15) is 0 Å². The smallest absolute Gasteiger partial charge is 0.322 e. The third-order valence-corrected chi connectivity index (χ3v) is 3.09. The second-order valence-electron chi connectivity index (χ2n) is 3.27. The molecule has 1 heterocycles. The molecule has 1 aromatic rings. The Labute approximate surface area is 99.4 Å². The molecule has 0 aromatic carbocycles. The van der Waals surface area contributed by atoms with Gasteiger partial charge in [-0.15, -0.1) is 0 Å². The molecule has 0 radical (unpaired) electrons. The molecule has 0 fully saturated rings. The minimum atomic E-state index is 0.160. The van der Waals surface area contributed by atoms with Crippen LogP contribution in [0.25, 0.3) is 0 Å². The molecule has 7 heteroatoms. The van der Waals surface area contributed by atoms with Crippen molar-refractivity contribution in [2.75, 3.05) is 31.0 Å². The highest BCUT2D eigenvalue weighted by atomic mass is 32.2. The average Bonchev–Trinajstić information content (AvgIpc) is 2.28. The largest absolute Gasteiger partial charge is 0.467 e. The highest BCUT2D eigenvalue weighted by Crippen LogP contribution is 2.11. The van der Waals surface area contributed by atoms with Crippen molar-refractivity contribution >= 4 is 23.7 Å². The normalized spacial score (nSPS) is 12.2. The molecule has 0 saturated heterocycles. The van der Waals surface area contributed by atoms with Gasteiger partial charge < -0.3 is 15.8 Å². The number of nitrogen functional groups attached to an aromatic ring is 1. The molecule has 1 unspecified atom stereocenters. The van der Waals surface area contributed by atoms with Gasteiger partial charge in [-0.1, -0.05) is 6.92 Å². The van der Waals surface area contributed by atoms with E-state index < -0.39 is 0 Å². The first kappa shape index (κ1) is 12.8. The maximum atomic E-state index is 5.51. The number of rotatable bonds is 6. The van der Waals surface area contributed by atoms with E-state index in [2.05, 4.69) is 33.4 Å². The Kier molecular flexibility index (Phi) is 5.10. The number of ether oxygens (including phenoxy) is 1. The molecule has 0 amide bonds. The van der Waals surface area contributed by atoms with Crippen molar-refractivity contribution in [1.82, 2.24) is 15.0 Å². The van der Waals surface area contributed by atoms with Crippen molar-refractivity contribution in [3.8, 4) is 6.01 Å². The summed E-state index contributed by atoms with van der Waals surface area (Å²) < 4.78 is 4.90. The van der Waals surface area contributed by atoms with Crippen LogP contribution in [-0.4, -0.2) is 40.1 Å². The van der Waals surface area contributed by atoms with Gasteiger partial charge in [-0.3, -0.25) is 0 Å². The highest BCUT2D eigenvalue weighted by molar-refractivity contribution is 7.99. The number of methoxy groups -OCH3 is 1. The van der Waals surface area contributed by atoms with Crippen LogP contribution in [0.1, 0.15) is 13.3 Å². The van der Waals surface area contributed by atoms with Crippen LogP contribution in [0.3, 0.4) is 0 Å². The summed E-state index contributed by atoms with van der Waals surface area (Å²) in [5, 5.41) is 3.70. The molecule has 0 spiro atoms. The van der Waals surface area contributed by atoms with Gasteiger partial charge in [0.15, 0.2) is 0 Å². The Morgan fingerprint density at radius 1 is 1.44 bits per heavy atom. The molecule has 1 atom stereocenters. The molecule has 3 N–H and O–H groups in total. The van der Waals surface area contributed by atoms with E-state index in [1.807, 2.05) is 11.8 Å². The number of nitrogens with one attached hydrogen (secondary N) is 1. The van der Waals surface area contributed by atoms with Crippen molar-refractivity contribution < 1.29 is 4.74 Å². The third kappa shape index (κ3) is 4.09. The number of hydrogen-bond donors (Lipinski definition) is 2. The van der Waals surface area contributed by atoms with Crippen LogP contribution in [0.2, 0.25) is 0 Å². The molecule has 0 aliphatic carbocycles. The van der Waals surface area contributed by atoms with E-state index in [0.29, 0.717) is 11.2 Å². The minimum absolute atomic E-state index is 0.160. The Bertz CT molecular complexity index is 336. The monoisotopic (exact) mass is 243 g/mol. The van der Waals surface area contributed by atoms with Crippen LogP contribution in [0, 0.1) is 0 Å². The Morgan fingerprint density at radius 2 is 2.19 bits per heavy atom. The van der Waals surface area contributed by atoms with E-state index >= 15 is 0 Å². The topological polar surface area (TPSA) is 86.0 Å². The van der Waals surface area contributed by atoms with E-state index in [0.717, 1.165) is 13.0 Å². The molecule has 1 rings (SSSR count). The first-order chi connectivity index (χ1) is 7.65. The van der Waals surface area contributed by atoms with E-state index in [1.165, 1.54) is 7.11 Å². The van der Waals surface area contributed by atoms with Gasteiger partial charge in [0.2, 0.25) is 11.9 Å². The van der Waals surface area contributed by atoms with Gasteiger partial charge in [0.05, 0.1) is 7.11 Å². The zero-order valence-corrected chi connectivity index (χ0v) is 10.5. The van der Waals surface area contributed by atoms with Gasteiger partial charge >= 0.3 is 6.01 Å². The lowest BCUT2D eigenvalue weighted by Crippen LogP contribution is -2.12. The summed E-state index contributed by atoms with van der Waals surface area (Å²) in [6.45, 7) is 2.98. The molecule has 0 saturated carbocycles. The first-order valence-electron chi connectivity index (χ1n) is 4.98. The van der Waals surface area contributed by atoms with Crippen LogP contribution < -0.4 is 15.8 Å². The molecular weight excluding hydrogens is 226 g/mol. The van der Waals surface area contributed by atoms with Crippen molar-refractivity contribution in [1.29, 1.82) is 0 Å². The minimum Gasteiger partial charge on any atom is -0.467 e. The quantitative estimate of drug-likeness (QED) is 0.771. The lowest BCUT2D eigenvalue weighted by Gasteiger charge is -2.09. The van der Waals surface area contributed by atoms with Crippen LogP contribution in [-0.2, 0) is 0 Å². The van der Waals surface area contributed by atoms with Crippen LogP contribution in [0.5, 0.6) is 6.01 Å². The fraction of sp³-hybridized carbons (Fsp3) is 0.667. The summed E-state index contributed by atoms with van der Waals surface area (Å²) in [4.78, 5) is 11.8. The third-order valence-electron chi connectivity index (χ3n) is 2.05. The van der Waals surface area contributed by atoms with Gasteiger partial charge in [0.25, 0.3) is 0 Å². The number of nitrogens with zero attached hydrogens (tertiary/aromatic N) is 3. The SMILES string of the molecule is COc1nc(N)nc(NCCC(C)SC)n1. The van der Waals surface area contributed by atoms with Gasteiger partial charge in [-0.2, -0.15) is 26.7 Å². The lowest BCUT2D eigenvalue weighted by atomic mass is 10.3. The predicted molar refractivity (Wildman–Crippen MR) is 66.9 cm³/mol. The van der Waals surface area contributed by atoms with Crippen LogP contribution in [0.15, 0.2) is 0 Å². The van der Waals surface area contributed by atoms with E-state index in [-0.39, 0.29) is 12.0 Å². The van der Waals surface area contributed by atoms with Gasteiger partial charge in [-0.05, 0) is 12.7 Å². The van der Waals surface area contributed by atoms with Crippen molar-refractivity contribution in [3.63, 3.8) is 0 Å². The van der Waals surface area contributed by atoms with Crippen LogP contribution >= 0.6 is 11.8 Å². The molecule has 0 aliphatic rings. The predicted octanol–water partition coefficient (Wildman–Crippen LogP) is 1.02. The van der Waals surface area contributed by atoms with Crippen molar-refractivity contribution in [2.45, 2.75) is 18.6 Å². The molecular formula is C9H17N5OS. The summed E-state index contributed by atoms with van der Waals surface area (Å²) >= 11 is 1.83. The summed E-state index contributed by atoms with van der Waals surface area (Å²) in [6.07, 6.45) is 3.13. The van der Waals surface area contributed by atoms with E-state index in [1.54, 1.807) is 0 Å². The number of aromatic nitrogens is 3. The Balaban J connectivity index is 2.50. The first-order valence-corrected chi connectivity index (χ1v) is 6.26. The zero-order chi connectivity index (χ0) is 12.0. The fourth-order valence-electron chi connectivity index (χ4n) is 1.05. The molecule has 6 nitrogen and oxygen atoms in total. The lowest BCUT2D eigenvalue weighted by molar-refractivity contribution is 0.379. The summed E-state index contributed by atoms with van der Waals surface area (Å²) in [6, 6.07) is 0.230. The van der Waals surface area contributed by atoms with Crippen LogP contribution in [0.4, 0.5) is 11.9 Å². The highest BCUT2D eigenvalue weighted by Gasteiger charge is 2.04. The van der Waals surface area contributed by atoms with Crippen molar-refractivity contribution in [3.05, 3.63) is 0 Å². The molecule has 90 valence electrons. The number of thioether (sulfide) groups is 1. The van der Waals surface area contributed by atoms with Gasteiger partial charge in [-0.25, -0.2) is 0 Å². The maximum absolute atomic E-state index is 5.51.